The van der Waals surface area contributed by atoms with Crippen molar-refractivity contribution in [1.29, 1.82) is 0 Å². The Hall–Kier alpha value is -7.69. The first-order valence-electron chi connectivity index (χ1n) is 27.5. The van der Waals surface area contributed by atoms with E-state index in [1.54, 1.807) is 0 Å². The summed E-state index contributed by atoms with van der Waals surface area (Å²) in [5, 5.41) is 3.92. The third-order valence-electron chi connectivity index (χ3n) is 16.3. The Morgan fingerprint density at radius 2 is 0.908 bits per heavy atom. The van der Waals surface area contributed by atoms with E-state index in [4.69, 9.17) is 4.99 Å². The maximum absolute atomic E-state index is 5.51. The van der Waals surface area contributed by atoms with Crippen molar-refractivity contribution in [2.24, 2.45) is 10.4 Å². The van der Waals surface area contributed by atoms with Gasteiger partial charge in [0.2, 0.25) is 0 Å². The van der Waals surface area contributed by atoms with Crippen LogP contribution in [-0.4, -0.2) is 27.1 Å². The summed E-state index contributed by atoms with van der Waals surface area (Å²) >= 11 is 0. The van der Waals surface area contributed by atoms with Crippen LogP contribution in [0, 0.1) is 5.41 Å². The number of allylic oxidation sites excluding steroid dienone is 5. The fourth-order valence-corrected chi connectivity index (χ4v) is 11.8. The molecule has 0 N–H and O–H groups in total. The van der Waals surface area contributed by atoms with E-state index in [1.807, 2.05) is 0 Å². The summed E-state index contributed by atoms with van der Waals surface area (Å²) in [7, 11) is 0. The number of para-hydroxylation sites is 1. The fourth-order valence-electron chi connectivity index (χ4n) is 11.8. The van der Waals surface area contributed by atoms with Crippen LogP contribution in [0.2, 0.25) is 0 Å². The summed E-state index contributed by atoms with van der Waals surface area (Å²) in [4.78, 5) is 7.94. The van der Waals surface area contributed by atoms with Crippen LogP contribution in [0.3, 0.4) is 0 Å². The zero-order chi connectivity index (χ0) is 53.1. The van der Waals surface area contributed by atoms with E-state index in [0.29, 0.717) is 0 Å². The molecule has 2 aromatic heterocycles. The summed E-state index contributed by atoms with van der Waals surface area (Å²) in [6.45, 7) is 27.7. The van der Waals surface area contributed by atoms with Gasteiger partial charge in [-0.15, -0.1) is 0 Å². The Morgan fingerprint density at radius 1 is 0.421 bits per heavy atom. The second kappa shape index (κ2) is 18.0. The summed E-state index contributed by atoms with van der Waals surface area (Å²) in [5.74, 6) is 0.981. The van der Waals surface area contributed by atoms with E-state index < -0.39 is 0 Å². The Morgan fingerprint density at radius 3 is 1.43 bits per heavy atom. The summed E-state index contributed by atoms with van der Waals surface area (Å²) in [6, 6.07) is 57.7. The number of aromatic nitrogens is 2. The molecule has 4 nitrogen and oxygen atoms in total. The van der Waals surface area contributed by atoms with Gasteiger partial charge in [-0.25, -0.2) is 0 Å². The normalized spacial score (nSPS) is 16.9. The molecular weight excluding hydrogens is 921 g/mol. The number of amidine groups is 1. The fraction of sp³-hybridized carbons (Fsp3) is 0.264. The molecule has 0 saturated carbocycles. The Bertz CT molecular complexity index is 3840. The van der Waals surface area contributed by atoms with Gasteiger partial charge < -0.3 is 14.0 Å². The molecular formula is C72H72N4. The van der Waals surface area contributed by atoms with E-state index in [-0.39, 0.29) is 33.7 Å². The number of anilines is 1. The first-order chi connectivity index (χ1) is 36.2. The minimum Gasteiger partial charge on any atom is -0.317 e. The molecule has 0 spiro atoms. The molecule has 2 aliphatic carbocycles. The van der Waals surface area contributed by atoms with Gasteiger partial charge in [0, 0.05) is 38.8 Å². The molecule has 0 radical (unpaired) electrons. The molecule has 3 heterocycles. The molecule has 7 aromatic carbocycles. The van der Waals surface area contributed by atoms with Crippen LogP contribution in [0.1, 0.15) is 117 Å². The quantitative estimate of drug-likeness (QED) is 0.163. The van der Waals surface area contributed by atoms with E-state index in [0.717, 1.165) is 57.1 Å². The molecule has 1 aliphatic heterocycles. The highest BCUT2D eigenvalue weighted by atomic mass is 15.3. The molecule has 3 aliphatic rings. The molecule has 0 amide bonds. The summed E-state index contributed by atoms with van der Waals surface area (Å²) < 4.78 is 4.94. The predicted molar refractivity (Wildman–Crippen MR) is 326 cm³/mol. The van der Waals surface area contributed by atoms with Gasteiger partial charge in [0.05, 0.1) is 34.3 Å². The lowest BCUT2D eigenvalue weighted by Gasteiger charge is -2.29. The molecule has 9 aromatic rings. The first kappa shape index (κ1) is 49.2. The van der Waals surface area contributed by atoms with Crippen LogP contribution in [-0.2, 0) is 22.7 Å². The number of benzene rings is 7. The molecule has 4 heteroatoms. The van der Waals surface area contributed by atoms with Gasteiger partial charge in [-0.2, -0.15) is 0 Å². The lowest BCUT2D eigenvalue weighted by molar-refractivity contribution is 0.516. The third kappa shape index (κ3) is 8.70. The molecule has 0 fully saturated rings. The second-order valence-corrected chi connectivity index (χ2v) is 25.7. The van der Waals surface area contributed by atoms with Crippen molar-refractivity contribution in [3.63, 3.8) is 0 Å². The largest absolute Gasteiger partial charge is 0.317 e. The lowest BCUT2D eigenvalue weighted by atomic mass is 9.85. The molecule has 380 valence electrons. The minimum atomic E-state index is 0.0192. The number of aliphatic imine (C=N–C) groups is 1. The van der Waals surface area contributed by atoms with Crippen molar-refractivity contribution in [2.75, 3.05) is 4.90 Å². The summed E-state index contributed by atoms with van der Waals surface area (Å²) in [5.41, 5.74) is 21.1. The van der Waals surface area contributed by atoms with Gasteiger partial charge >= 0.3 is 0 Å². The topological polar surface area (TPSA) is 25.5 Å². The Labute approximate surface area is 451 Å². The van der Waals surface area contributed by atoms with Gasteiger partial charge in [-0.1, -0.05) is 180 Å². The Kier molecular flexibility index (Phi) is 11.6. The zero-order valence-corrected chi connectivity index (χ0v) is 46.6. The van der Waals surface area contributed by atoms with Crippen molar-refractivity contribution in [1.82, 2.24) is 9.13 Å². The molecule has 2 atom stereocenters. The lowest BCUT2D eigenvalue weighted by Crippen LogP contribution is -2.39. The van der Waals surface area contributed by atoms with Crippen molar-refractivity contribution in [2.45, 2.75) is 118 Å². The average molecular weight is 993 g/mol. The predicted octanol–water partition coefficient (Wildman–Crippen LogP) is 18.6. The molecule has 0 saturated heterocycles. The highest BCUT2D eigenvalue weighted by Gasteiger charge is 2.36. The number of fused-ring (bicyclic) bond motifs is 7. The van der Waals surface area contributed by atoms with Crippen molar-refractivity contribution < 1.29 is 0 Å². The van der Waals surface area contributed by atoms with E-state index in [1.165, 1.54) is 66.2 Å². The number of hydrogen-bond donors (Lipinski definition) is 0. The van der Waals surface area contributed by atoms with Gasteiger partial charge in [0.15, 0.2) is 0 Å². The van der Waals surface area contributed by atoms with Crippen LogP contribution < -0.4 is 4.90 Å². The van der Waals surface area contributed by atoms with Crippen molar-refractivity contribution >= 4 is 50.3 Å². The number of nitrogens with zero attached hydrogens (tertiary/aromatic N) is 4. The monoisotopic (exact) mass is 993 g/mol. The smallest absolute Gasteiger partial charge is 0.136 e. The third-order valence-corrected chi connectivity index (χ3v) is 16.3. The molecule has 0 bridgehead atoms. The SMILES string of the molecule is CC(C)(C)C1=CCc2c(n(-c3ccc(-c4cc(C5=NC6C=CC=CC6N5c5ccccc5)cc(-c5ccc(-n6c7ccc(C(C)(C)C)cc7c7cc(C(C)(C)C)ccc76)cc5)c4)cc3)c3ccc(C(C)(C)C)cc23)C=C1. The highest BCUT2D eigenvalue weighted by Crippen LogP contribution is 2.42. The average Bonchev–Trinajstić information content (AvgIpc) is 4.00. The van der Waals surface area contributed by atoms with Crippen LogP contribution in [0.25, 0.3) is 72.4 Å². The first-order valence-corrected chi connectivity index (χ1v) is 27.5. The minimum absolute atomic E-state index is 0.0192. The second-order valence-electron chi connectivity index (χ2n) is 25.7. The Balaban J connectivity index is 0.991. The van der Waals surface area contributed by atoms with Gasteiger partial charge in [0.1, 0.15) is 5.84 Å². The molecule has 2 unspecified atom stereocenters. The maximum Gasteiger partial charge on any atom is 0.136 e. The van der Waals surface area contributed by atoms with Gasteiger partial charge in [0.25, 0.3) is 0 Å². The standard InChI is InChI=1S/C72H72N4/c1-69(2,3)51-26-35-58-59-43-52(70(4,5)6)28-37-64(59)74(63(58)36-27-51)56-31-22-46(23-32-56)48-40-49(42-50(41-48)68-73-62-20-16-17-21-67(62)76(68)55-18-14-13-15-19-55)47-24-33-57(34-25-47)75-65-38-29-53(71(7,8)9)44-60(65)61-45-54(72(10,11)12)30-39-66(61)75/h13-34,36-45,62,67H,35H2,1-12H3. The molecule has 76 heavy (non-hydrogen) atoms. The van der Waals surface area contributed by atoms with Crippen molar-refractivity contribution in [3.05, 3.63) is 227 Å². The maximum atomic E-state index is 5.51. The van der Waals surface area contributed by atoms with Crippen LogP contribution >= 0.6 is 0 Å². The van der Waals surface area contributed by atoms with E-state index in [2.05, 4.69) is 291 Å². The van der Waals surface area contributed by atoms with Crippen LogP contribution in [0.15, 0.2) is 199 Å². The van der Waals surface area contributed by atoms with Crippen LogP contribution in [0.5, 0.6) is 0 Å². The number of rotatable bonds is 6. The van der Waals surface area contributed by atoms with Gasteiger partial charge in [-0.05, 0) is 175 Å². The van der Waals surface area contributed by atoms with Crippen LogP contribution in [0.4, 0.5) is 5.69 Å². The number of hydrogen-bond acceptors (Lipinski definition) is 2. The van der Waals surface area contributed by atoms with E-state index in [9.17, 15) is 0 Å². The zero-order valence-electron chi connectivity index (χ0n) is 46.6. The van der Waals surface area contributed by atoms with E-state index >= 15 is 0 Å². The molecule has 12 rings (SSSR count). The van der Waals surface area contributed by atoms with Gasteiger partial charge in [-0.3, -0.25) is 4.99 Å². The summed E-state index contributed by atoms with van der Waals surface area (Å²) in [6.07, 6.45) is 16.9. The van der Waals surface area contributed by atoms with Crippen molar-refractivity contribution in [3.8, 4) is 33.6 Å². The highest BCUT2D eigenvalue weighted by molar-refractivity contribution is 6.14.